The molecule has 0 radical (unpaired) electrons. The van der Waals surface area contributed by atoms with Crippen LogP contribution in [0, 0.1) is 12.8 Å². The molecule has 6 heteroatoms. The summed E-state index contributed by atoms with van der Waals surface area (Å²) in [4.78, 5) is 4.60. The summed E-state index contributed by atoms with van der Waals surface area (Å²) in [5.74, 6) is -1.40. The number of fused-ring (bicyclic) bond motifs is 2. The zero-order chi connectivity index (χ0) is 25.8. The zero-order valence-corrected chi connectivity index (χ0v) is 21.2. The molecule has 1 heterocycles. The third-order valence-electron chi connectivity index (χ3n) is 7.20. The molecule has 1 aromatic heterocycles. The Labute approximate surface area is 217 Å². The fraction of sp³-hybridized carbons (Fsp3) is 0.129. The topological polar surface area (TPSA) is 93.8 Å². The first-order chi connectivity index (χ1) is 17.9. The number of nitrogens with zero attached hydrogens (tertiary/aromatic N) is 1. The summed E-state index contributed by atoms with van der Waals surface area (Å²) < 4.78 is 0. The summed E-state index contributed by atoms with van der Waals surface area (Å²) in [6.07, 6.45) is 9.24. The number of allylic oxidation sites excluding steroid dienone is 4. The summed E-state index contributed by atoms with van der Waals surface area (Å²) in [7, 11) is 0. The largest absolute Gasteiger partial charge is 0.504 e. The van der Waals surface area contributed by atoms with Crippen molar-refractivity contribution >= 4 is 38.5 Å². The third kappa shape index (κ3) is 3.56. The van der Waals surface area contributed by atoms with Gasteiger partial charge in [-0.25, -0.2) is 4.98 Å². The molecule has 5 nitrogen and oxygen atoms in total. The number of benzene rings is 4. The van der Waals surface area contributed by atoms with Crippen LogP contribution in [0.25, 0.3) is 48.8 Å². The van der Waals surface area contributed by atoms with Crippen LogP contribution in [-0.4, -0.2) is 25.4 Å². The van der Waals surface area contributed by atoms with E-state index < -0.39 is 23.0 Å². The van der Waals surface area contributed by atoms with Crippen molar-refractivity contribution in [3.8, 4) is 44.7 Å². The predicted octanol–water partition coefficient (Wildman–Crippen LogP) is 7.89. The SMILES string of the molecule is Cc1c(O)c(O)c(-c2c3ccccc3c(-c3nccs3)c3ccc(C4=CCC(C)C=C4)cc23)c(O)c1O. The maximum atomic E-state index is 11.1. The van der Waals surface area contributed by atoms with E-state index in [1.165, 1.54) is 6.92 Å². The number of hydrogen-bond acceptors (Lipinski definition) is 6. The minimum absolute atomic E-state index is 0.00794. The number of phenolic OH excluding ortho intramolecular Hbond substituents is 4. The Morgan fingerprint density at radius 2 is 1.49 bits per heavy atom. The fourth-order valence-electron chi connectivity index (χ4n) is 5.20. The molecule has 6 rings (SSSR count). The first kappa shape index (κ1) is 23.1. The van der Waals surface area contributed by atoms with E-state index in [9.17, 15) is 20.4 Å². The number of aromatic nitrogens is 1. The molecule has 0 bridgehead atoms. The van der Waals surface area contributed by atoms with Gasteiger partial charge in [-0.05, 0) is 58.0 Å². The van der Waals surface area contributed by atoms with Crippen LogP contribution in [0.1, 0.15) is 24.5 Å². The lowest BCUT2D eigenvalue weighted by Gasteiger charge is -2.20. The first-order valence-electron chi connectivity index (χ1n) is 12.1. The van der Waals surface area contributed by atoms with Crippen molar-refractivity contribution in [1.82, 2.24) is 4.98 Å². The standard InChI is InChI=1S/C31H25NO4S/c1-16-7-9-18(10-8-16)19-11-12-22-23(15-19)24(26-29(35)27(33)17(2)28(34)30(26)36)20-5-3-4-6-21(20)25(22)31-32-13-14-37-31/h3-7,9-16,33-36H,8H2,1-2H3. The molecule has 5 aromatic rings. The molecule has 1 aliphatic rings. The quantitative estimate of drug-likeness (QED) is 0.113. The maximum Gasteiger partial charge on any atom is 0.169 e. The predicted molar refractivity (Wildman–Crippen MR) is 150 cm³/mol. The molecular formula is C31H25NO4S. The Morgan fingerprint density at radius 3 is 2.11 bits per heavy atom. The molecule has 0 spiro atoms. The summed E-state index contributed by atoms with van der Waals surface area (Å²) in [6, 6.07) is 13.9. The van der Waals surface area contributed by atoms with Crippen LogP contribution in [0.2, 0.25) is 0 Å². The molecule has 1 atom stereocenters. The number of thiazole rings is 1. The van der Waals surface area contributed by atoms with Crippen LogP contribution in [0.4, 0.5) is 0 Å². The van der Waals surface area contributed by atoms with E-state index in [1.807, 2.05) is 41.8 Å². The fourth-order valence-corrected chi connectivity index (χ4v) is 5.91. The van der Waals surface area contributed by atoms with Crippen LogP contribution in [0.15, 0.2) is 72.3 Å². The monoisotopic (exact) mass is 507 g/mol. The van der Waals surface area contributed by atoms with E-state index in [0.29, 0.717) is 11.5 Å². The second-order valence-corrected chi connectivity index (χ2v) is 10.4. The van der Waals surface area contributed by atoms with Gasteiger partial charge in [-0.3, -0.25) is 0 Å². The normalized spacial score (nSPS) is 15.4. The molecule has 4 aromatic carbocycles. The third-order valence-corrected chi connectivity index (χ3v) is 7.99. The Hall–Kier alpha value is -4.29. The number of rotatable bonds is 3. The van der Waals surface area contributed by atoms with Gasteiger partial charge in [0.1, 0.15) is 5.01 Å². The van der Waals surface area contributed by atoms with Gasteiger partial charge in [-0.1, -0.05) is 61.5 Å². The van der Waals surface area contributed by atoms with Crippen LogP contribution < -0.4 is 0 Å². The lowest BCUT2D eigenvalue weighted by Crippen LogP contribution is -1.96. The second kappa shape index (κ2) is 8.68. The van der Waals surface area contributed by atoms with Crippen LogP contribution >= 0.6 is 11.3 Å². The van der Waals surface area contributed by atoms with E-state index in [0.717, 1.165) is 49.7 Å². The molecule has 0 amide bonds. The highest BCUT2D eigenvalue weighted by atomic mass is 32.1. The molecule has 0 saturated carbocycles. The minimum Gasteiger partial charge on any atom is -0.504 e. The minimum atomic E-state index is -0.475. The van der Waals surface area contributed by atoms with Crippen molar-refractivity contribution in [2.45, 2.75) is 20.3 Å². The van der Waals surface area contributed by atoms with E-state index in [2.05, 4.69) is 36.2 Å². The number of phenols is 4. The Bertz CT molecular complexity index is 1740. The summed E-state index contributed by atoms with van der Waals surface area (Å²) in [5, 5.41) is 49.6. The lowest BCUT2D eigenvalue weighted by molar-refractivity contribution is 0.371. The smallest absolute Gasteiger partial charge is 0.169 e. The molecule has 37 heavy (non-hydrogen) atoms. The lowest BCUT2D eigenvalue weighted by atomic mass is 9.85. The van der Waals surface area contributed by atoms with Gasteiger partial charge in [0, 0.05) is 28.3 Å². The summed E-state index contributed by atoms with van der Waals surface area (Å²) >= 11 is 1.54. The highest BCUT2D eigenvalue weighted by Gasteiger charge is 2.27. The number of aromatic hydroxyl groups is 4. The molecule has 1 aliphatic carbocycles. The van der Waals surface area contributed by atoms with Crippen molar-refractivity contribution in [1.29, 1.82) is 0 Å². The van der Waals surface area contributed by atoms with Gasteiger partial charge in [0.05, 0.1) is 5.56 Å². The van der Waals surface area contributed by atoms with Crippen molar-refractivity contribution in [2.75, 3.05) is 0 Å². The van der Waals surface area contributed by atoms with Gasteiger partial charge < -0.3 is 20.4 Å². The highest BCUT2D eigenvalue weighted by molar-refractivity contribution is 7.13. The van der Waals surface area contributed by atoms with E-state index in [4.69, 9.17) is 0 Å². The van der Waals surface area contributed by atoms with Crippen molar-refractivity contribution in [3.05, 3.63) is 83.4 Å². The zero-order valence-electron chi connectivity index (χ0n) is 20.4. The molecule has 4 N–H and O–H groups in total. The van der Waals surface area contributed by atoms with Gasteiger partial charge in [0.15, 0.2) is 23.0 Å². The molecule has 184 valence electrons. The van der Waals surface area contributed by atoms with Gasteiger partial charge in [0.25, 0.3) is 0 Å². The van der Waals surface area contributed by atoms with Crippen molar-refractivity contribution in [2.24, 2.45) is 5.92 Å². The van der Waals surface area contributed by atoms with Crippen LogP contribution in [0.5, 0.6) is 23.0 Å². The van der Waals surface area contributed by atoms with Crippen molar-refractivity contribution < 1.29 is 20.4 Å². The van der Waals surface area contributed by atoms with Gasteiger partial charge in [0.2, 0.25) is 0 Å². The van der Waals surface area contributed by atoms with Gasteiger partial charge in [-0.2, -0.15) is 0 Å². The van der Waals surface area contributed by atoms with E-state index in [1.54, 1.807) is 17.5 Å². The second-order valence-electron chi connectivity index (χ2n) is 9.52. The first-order valence-corrected chi connectivity index (χ1v) is 13.0. The number of hydrogen-bond donors (Lipinski definition) is 4. The maximum absolute atomic E-state index is 11.1. The van der Waals surface area contributed by atoms with E-state index >= 15 is 0 Å². The molecule has 0 saturated heterocycles. The Kier molecular flexibility index (Phi) is 5.42. The Morgan fingerprint density at radius 1 is 0.811 bits per heavy atom. The van der Waals surface area contributed by atoms with Gasteiger partial charge in [-0.15, -0.1) is 11.3 Å². The van der Waals surface area contributed by atoms with E-state index in [-0.39, 0.29) is 11.1 Å². The van der Waals surface area contributed by atoms with Crippen LogP contribution in [-0.2, 0) is 0 Å². The molecule has 0 aliphatic heterocycles. The highest BCUT2D eigenvalue weighted by Crippen LogP contribution is 2.55. The average molecular weight is 508 g/mol. The molecule has 0 fully saturated rings. The average Bonchev–Trinajstić information content (AvgIpc) is 3.45. The van der Waals surface area contributed by atoms with Crippen molar-refractivity contribution in [3.63, 3.8) is 0 Å². The summed E-state index contributed by atoms with van der Waals surface area (Å²) in [5.41, 5.74) is 3.58. The molecular weight excluding hydrogens is 482 g/mol. The Balaban J connectivity index is 1.81. The molecule has 1 unspecified atom stereocenters. The van der Waals surface area contributed by atoms with Crippen LogP contribution in [0.3, 0.4) is 0 Å². The summed E-state index contributed by atoms with van der Waals surface area (Å²) in [6.45, 7) is 3.62. The van der Waals surface area contributed by atoms with Gasteiger partial charge >= 0.3 is 0 Å².